The molecule has 8 heteroatoms. The van der Waals surface area contributed by atoms with E-state index in [2.05, 4.69) is 15.5 Å². The van der Waals surface area contributed by atoms with E-state index in [0.717, 1.165) is 0 Å². The zero-order valence-electron chi connectivity index (χ0n) is 9.92. The minimum Gasteiger partial charge on any atom is -0.506 e. The third-order valence-electron chi connectivity index (χ3n) is 2.22. The van der Waals surface area contributed by atoms with E-state index in [1.807, 2.05) is 0 Å². The van der Waals surface area contributed by atoms with Gasteiger partial charge >= 0.3 is 0 Å². The maximum atomic E-state index is 9.85. The molecule has 0 fully saturated rings. The van der Waals surface area contributed by atoms with E-state index in [1.165, 1.54) is 24.7 Å². The normalized spacial score (nSPS) is 10.8. The highest BCUT2D eigenvalue weighted by atomic mass is 35.5. The Bertz CT molecular complexity index is 615. The van der Waals surface area contributed by atoms with E-state index in [4.69, 9.17) is 22.1 Å². The van der Waals surface area contributed by atoms with Crippen LogP contribution in [0.2, 0.25) is 5.02 Å². The van der Waals surface area contributed by atoms with Crippen molar-refractivity contribution < 1.29 is 9.84 Å². The number of phenols is 1. The van der Waals surface area contributed by atoms with Gasteiger partial charge in [-0.25, -0.2) is 4.98 Å². The van der Waals surface area contributed by atoms with Gasteiger partial charge in [-0.05, 0) is 12.1 Å². The number of nitrogen functional groups attached to an aromatic ring is 1. The monoisotopic (exact) mass is 298 g/mol. The van der Waals surface area contributed by atoms with Crippen LogP contribution in [0.3, 0.4) is 0 Å². The molecule has 1 aromatic carbocycles. The van der Waals surface area contributed by atoms with Crippen LogP contribution in [0, 0.1) is 0 Å². The molecule has 1 heterocycles. The highest BCUT2D eigenvalue weighted by Crippen LogP contribution is 2.35. The van der Waals surface area contributed by atoms with E-state index in [9.17, 15) is 5.11 Å². The molecule has 0 saturated carbocycles. The molecule has 0 bridgehead atoms. The summed E-state index contributed by atoms with van der Waals surface area (Å²) in [6.45, 7) is 0. The van der Waals surface area contributed by atoms with Crippen LogP contribution in [0.4, 0.5) is 10.9 Å². The Morgan fingerprint density at radius 2 is 2.37 bits per heavy atom. The molecule has 2 aromatic rings. The largest absolute Gasteiger partial charge is 0.506 e. The number of anilines is 2. The SMILES string of the molecule is COc1ccc(C=NNc2nc(N)cs2)c(O)c1Cl. The van der Waals surface area contributed by atoms with Crippen molar-refractivity contribution in [3.05, 3.63) is 28.1 Å². The van der Waals surface area contributed by atoms with Gasteiger partial charge in [-0.15, -0.1) is 11.3 Å². The van der Waals surface area contributed by atoms with Crippen molar-refractivity contribution in [1.29, 1.82) is 0 Å². The second-order valence-corrected chi connectivity index (χ2v) is 4.70. The van der Waals surface area contributed by atoms with Crippen molar-refractivity contribution in [2.45, 2.75) is 0 Å². The van der Waals surface area contributed by atoms with Gasteiger partial charge in [0, 0.05) is 10.9 Å². The lowest BCUT2D eigenvalue weighted by molar-refractivity contribution is 0.408. The number of nitrogens with zero attached hydrogens (tertiary/aromatic N) is 2. The number of hydrazone groups is 1. The van der Waals surface area contributed by atoms with Crippen LogP contribution < -0.4 is 15.9 Å². The number of phenolic OH excluding ortho intramolecular Hbond substituents is 1. The molecular weight excluding hydrogens is 288 g/mol. The number of nitrogens with one attached hydrogen (secondary N) is 1. The number of rotatable bonds is 4. The van der Waals surface area contributed by atoms with Gasteiger partial charge in [0.2, 0.25) is 5.13 Å². The molecule has 0 aliphatic heterocycles. The summed E-state index contributed by atoms with van der Waals surface area (Å²) in [4.78, 5) is 3.97. The molecule has 4 N–H and O–H groups in total. The summed E-state index contributed by atoms with van der Waals surface area (Å²) < 4.78 is 4.98. The molecule has 0 amide bonds. The maximum Gasteiger partial charge on any atom is 0.205 e. The second kappa shape index (κ2) is 5.77. The summed E-state index contributed by atoms with van der Waals surface area (Å²) in [5.74, 6) is 0.736. The van der Waals surface area contributed by atoms with Gasteiger partial charge in [0.25, 0.3) is 0 Å². The number of hydrogen-bond acceptors (Lipinski definition) is 7. The average molecular weight is 299 g/mol. The molecule has 19 heavy (non-hydrogen) atoms. The van der Waals surface area contributed by atoms with Gasteiger partial charge in [0.05, 0.1) is 13.3 Å². The van der Waals surface area contributed by atoms with Crippen molar-refractivity contribution in [2.75, 3.05) is 18.3 Å². The lowest BCUT2D eigenvalue weighted by atomic mass is 10.2. The molecule has 0 saturated heterocycles. The topological polar surface area (TPSA) is 92.8 Å². The lowest BCUT2D eigenvalue weighted by Crippen LogP contribution is -1.93. The molecule has 0 radical (unpaired) electrons. The molecule has 0 spiro atoms. The molecule has 0 unspecified atom stereocenters. The summed E-state index contributed by atoms with van der Waals surface area (Å²) in [7, 11) is 1.48. The molecular formula is C11H11ClN4O2S. The Kier molecular flexibility index (Phi) is 4.08. The van der Waals surface area contributed by atoms with Crippen LogP contribution >= 0.6 is 22.9 Å². The minimum atomic E-state index is -0.0924. The number of aromatic nitrogens is 1. The number of hydrogen-bond donors (Lipinski definition) is 3. The quantitative estimate of drug-likeness (QED) is 0.596. The van der Waals surface area contributed by atoms with Crippen LogP contribution in [0.1, 0.15) is 5.56 Å². The third-order valence-corrected chi connectivity index (χ3v) is 3.35. The molecule has 6 nitrogen and oxygen atoms in total. The lowest BCUT2D eigenvalue weighted by Gasteiger charge is -2.06. The molecule has 100 valence electrons. The summed E-state index contributed by atoms with van der Waals surface area (Å²) in [6.07, 6.45) is 1.43. The van der Waals surface area contributed by atoms with E-state index < -0.39 is 0 Å². The van der Waals surface area contributed by atoms with Crippen molar-refractivity contribution in [3.63, 3.8) is 0 Å². The van der Waals surface area contributed by atoms with Gasteiger partial charge in [0.1, 0.15) is 22.3 Å². The number of aromatic hydroxyl groups is 1. The fraction of sp³-hybridized carbons (Fsp3) is 0.0909. The van der Waals surface area contributed by atoms with E-state index >= 15 is 0 Å². The number of nitrogens with two attached hydrogens (primary N) is 1. The highest BCUT2D eigenvalue weighted by Gasteiger charge is 2.09. The number of benzene rings is 1. The molecule has 0 atom stereocenters. The Hall–Kier alpha value is -1.99. The third kappa shape index (κ3) is 3.07. The average Bonchev–Trinajstić information content (AvgIpc) is 2.81. The fourth-order valence-corrected chi connectivity index (χ4v) is 2.12. The highest BCUT2D eigenvalue weighted by molar-refractivity contribution is 7.14. The van der Waals surface area contributed by atoms with Gasteiger partial charge < -0.3 is 15.6 Å². The smallest absolute Gasteiger partial charge is 0.205 e. The summed E-state index contributed by atoms with van der Waals surface area (Å²) in [6, 6.07) is 3.28. The van der Waals surface area contributed by atoms with E-state index in [1.54, 1.807) is 17.5 Å². The van der Waals surface area contributed by atoms with Crippen LogP contribution in [-0.4, -0.2) is 23.4 Å². The number of halogens is 1. The zero-order chi connectivity index (χ0) is 13.8. The predicted octanol–water partition coefficient (Wildman–Crippen LogP) is 2.54. The van der Waals surface area contributed by atoms with Gasteiger partial charge in [0.15, 0.2) is 0 Å². The van der Waals surface area contributed by atoms with E-state index in [0.29, 0.717) is 22.3 Å². The number of methoxy groups -OCH3 is 1. The van der Waals surface area contributed by atoms with Crippen LogP contribution in [0.5, 0.6) is 11.5 Å². The summed E-state index contributed by atoms with van der Waals surface area (Å²) in [5, 5.41) is 16.2. The first-order valence-electron chi connectivity index (χ1n) is 5.17. The first kappa shape index (κ1) is 13.4. The Morgan fingerprint density at radius 3 is 3.00 bits per heavy atom. The van der Waals surface area contributed by atoms with E-state index in [-0.39, 0.29) is 10.8 Å². The fourth-order valence-electron chi connectivity index (χ4n) is 1.32. The van der Waals surface area contributed by atoms with Crippen LogP contribution in [0.25, 0.3) is 0 Å². The van der Waals surface area contributed by atoms with Crippen molar-refractivity contribution in [2.24, 2.45) is 5.10 Å². The minimum absolute atomic E-state index is 0.0924. The second-order valence-electron chi connectivity index (χ2n) is 3.47. The summed E-state index contributed by atoms with van der Waals surface area (Å²) >= 11 is 7.24. The molecule has 0 aliphatic rings. The van der Waals surface area contributed by atoms with Crippen LogP contribution in [0.15, 0.2) is 22.6 Å². The molecule has 1 aromatic heterocycles. The summed E-state index contributed by atoms with van der Waals surface area (Å²) in [5.41, 5.74) is 8.64. The Morgan fingerprint density at radius 1 is 1.58 bits per heavy atom. The van der Waals surface area contributed by atoms with Gasteiger partial charge in [-0.1, -0.05) is 11.6 Å². The number of thiazole rings is 1. The first-order chi connectivity index (χ1) is 9.11. The van der Waals surface area contributed by atoms with Crippen molar-refractivity contribution in [1.82, 2.24) is 4.98 Å². The van der Waals surface area contributed by atoms with Gasteiger partial charge in [-0.3, -0.25) is 5.43 Å². The molecule has 0 aliphatic carbocycles. The Labute approximate surface area is 118 Å². The zero-order valence-corrected chi connectivity index (χ0v) is 11.5. The van der Waals surface area contributed by atoms with Gasteiger partial charge in [-0.2, -0.15) is 5.10 Å². The van der Waals surface area contributed by atoms with Crippen LogP contribution in [-0.2, 0) is 0 Å². The Balaban J connectivity index is 2.13. The maximum absolute atomic E-state index is 9.85. The number of ether oxygens (including phenoxy) is 1. The standard InChI is InChI=1S/C11H11ClN4O2S/c1-18-7-3-2-6(10(17)9(7)12)4-14-16-11-15-8(13)5-19-11/h2-5,17H,13H2,1H3,(H,15,16). The predicted molar refractivity (Wildman–Crippen MR) is 77.4 cm³/mol. The van der Waals surface area contributed by atoms with Crippen molar-refractivity contribution >= 4 is 40.1 Å². The first-order valence-corrected chi connectivity index (χ1v) is 6.43. The van der Waals surface area contributed by atoms with Crippen molar-refractivity contribution in [3.8, 4) is 11.5 Å². The molecule has 2 rings (SSSR count).